The van der Waals surface area contributed by atoms with E-state index in [0.29, 0.717) is 42.1 Å². The van der Waals surface area contributed by atoms with Crippen molar-refractivity contribution in [2.45, 2.75) is 6.54 Å². The molecule has 2 N–H and O–H groups in total. The Morgan fingerprint density at radius 1 is 1.37 bits per heavy atom. The first-order valence-corrected chi connectivity index (χ1v) is 8.79. The van der Waals surface area contributed by atoms with Crippen LogP contribution in [-0.4, -0.2) is 53.3 Å². The lowest BCUT2D eigenvalue weighted by atomic mass is 10.3. The van der Waals surface area contributed by atoms with Gasteiger partial charge in [-0.3, -0.25) is 10.1 Å². The maximum Gasteiger partial charge on any atom is 0.216 e. The van der Waals surface area contributed by atoms with Gasteiger partial charge in [-0.15, -0.1) is 5.10 Å². The number of benzene rings is 1. The molecule has 0 unspecified atom stereocenters. The normalized spacial score (nSPS) is 11.4. The summed E-state index contributed by atoms with van der Waals surface area (Å²) in [4.78, 5) is 10.6. The van der Waals surface area contributed by atoms with Crippen molar-refractivity contribution in [2.24, 2.45) is 4.99 Å². The minimum absolute atomic E-state index is 0.458. The highest BCUT2D eigenvalue weighted by atomic mass is 35.5. The van der Waals surface area contributed by atoms with Crippen LogP contribution in [0.3, 0.4) is 0 Å². The Bertz CT molecular complexity index is 878. The van der Waals surface area contributed by atoms with Gasteiger partial charge >= 0.3 is 0 Å². The van der Waals surface area contributed by atoms with Crippen molar-refractivity contribution in [3.63, 3.8) is 0 Å². The highest BCUT2D eigenvalue weighted by molar-refractivity contribution is 6.30. The van der Waals surface area contributed by atoms with Crippen LogP contribution in [0.4, 0.5) is 0 Å². The number of ether oxygens (including phenoxy) is 1. The number of nitrogens with one attached hydrogen (secondary N) is 2. The molecule has 0 spiro atoms. The van der Waals surface area contributed by atoms with Gasteiger partial charge in [0.1, 0.15) is 18.2 Å². The van der Waals surface area contributed by atoms with Crippen molar-refractivity contribution in [1.82, 2.24) is 25.4 Å². The van der Waals surface area contributed by atoms with Gasteiger partial charge in [-0.2, -0.15) is 0 Å². The SMILES string of the molecule is CN=C(NCc1nc(-c2ccco2)n[nH]1)N(C)CCOc1cccc(Cl)c1. The zero-order valence-corrected chi connectivity index (χ0v) is 15.9. The fourth-order valence-corrected chi connectivity index (χ4v) is 2.58. The van der Waals surface area contributed by atoms with Crippen LogP contribution in [0.15, 0.2) is 52.1 Å². The minimum Gasteiger partial charge on any atom is -0.492 e. The maximum atomic E-state index is 5.95. The Labute approximate surface area is 162 Å². The number of hydrogen-bond acceptors (Lipinski definition) is 5. The fraction of sp³-hybridized carbons (Fsp3) is 0.278. The molecule has 3 aromatic rings. The number of halogens is 1. The first-order valence-electron chi connectivity index (χ1n) is 8.41. The van der Waals surface area contributed by atoms with E-state index in [1.165, 1.54) is 0 Å². The topological polar surface area (TPSA) is 91.6 Å². The molecule has 2 heterocycles. The summed E-state index contributed by atoms with van der Waals surface area (Å²) in [6.45, 7) is 1.61. The molecule has 0 fully saturated rings. The Balaban J connectivity index is 1.47. The van der Waals surface area contributed by atoms with Crippen molar-refractivity contribution in [3.8, 4) is 17.3 Å². The molecule has 1 aromatic carbocycles. The van der Waals surface area contributed by atoms with E-state index in [4.69, 9.17) is 20.8 Å². The molecule has 0 aliphatic carbocycles. The van der Waals surface area contributed by atoms with Crippen LogP contribution >= 0.6 is 11.6 Å². The molecule has 0 saturated carbocycles. The molecule has 142 valence electrons. The van der Waals surface area contributed by atoms with Gasteiger partial charge in [-0.25, -0.2) is 4.98 Å². The van der Waals surface area contributed by atoms with Crippen LogP contribution in [0, 0.1) is 0 Å². The lowest BCUT2D eigenvalue weighted by Gasteiger charge is -2.21. The van der Waals surface area contributed by atoms with Crippen LogP contribution in [0.2, 0.25) is 5.02 Å². The first-order chi connectivity index (χ1) is 13.2. The molecule has 2 aromatic heterocycles. The number of aromatic amines is 1. The summed E-state index contributed by atoms with van der Waals surface area (Å²) in [6, 6.07) is 10.9. The minimum atomic E-state index is 0.458. The highest BCUT2D eigenvalue weighted by Crippen LogP contribution is 2.17. The molecule has 0 saturated heterocycles. The van der Waals surface area contributed by atoms with Crippen molar-refractivity contribution >= 4 is 17.6 Å². The predicted molar refractivity (Wildman–Crippen MR) is 104 cm³/mol. The molecule has 0 amide bonds. The number of aliphatic imine (C=N–C) groups is 1. The van der Waals surface area contributed by atoms with Crippen LogP contribution in [-0.2, 0) is 6.54 Å². The molecule has 3 rings (SSSR count). The van der Waals surface area contributed by atoms with E-state index in [0.717, 1.165) is 11.7 Å². The monoisotopic (exact) mass is 388 g/mol. The van der Waals surface area contributed by atoms with Gasteiger partial charge in [0.15, 0.2) is 11.7 Å². The number of aromatic nitrogens is 3. The van der Waals surface area contributed by atoms with Gasteiger partial charge in [0.2, 0.25) is 5.82 Å². The number of hydrogen-bond donors (Lipinski definition) is 2. The van der Waals surface area contributed by atoms with E-state index in [2.05, 4.69) is 25.5 Å². The summed E-state index contributed by atoms with van der Waals surface area (Å²) in [6.07, 6.45) is 1.59. The summed E-state index contributed by atoms with van der Waals surface area (Å²) in [7, 11) is 3.66. The van der Waals surface area contributed by atoms with Crippen LogP contribution in [0.1, 0.15) is 5.82 Å². The van der Waals surface area contributed by atoms with E-state index in [1.54, 1.807) is 25.4 Å². The zero-order chi connectivity index (χ0) is 19.1. The quantitative estimate of drug-likeness (QED) is 0.477. The summed E-state index contributed by atoms with van der Waals surface area (Å²) < 4.78 is 11.0. The van der Waals surface area contributed by atoms with Crippen LogP contribution in [0.25, 0.3) is 11.6 Å². The van der Waals surface area contributed by atoms with E-state index in [9.17, 15) is 0 Å². The predicted octanol–water partition coefficient (Wildman–Crippen LogP) is 2.80. The number of rotatable bonds is 7. The van der Waals surface area contributed by atoms with Crippen molar-refractivity contribution < 1.29 is 9.15 Å². The van der Waals surface area contributed by atoms with E-state index in [-0.39, 0.29) is 0 Å². The summed E-state index contributed by atoms with van der Waals surface area (Å²) in [5.41, 5.74) is 0. The van der Waals surface area contributed by atoms with Crippen LogP contribution in [0.5, 0.6) is 5.75 Å². The van der Waals surface area contributed by atoms with Gasteiger partial charge in [0, 0.05) is 19.1 Å². The van der Waals surface area contributed by atoms with E-state index in [1.807, 2.05) is 36.2 Å². The fourth-order valence-electron chi connectivity index (χ4n) is 2.40. The number of guanidine groups is 1. The lowest BCUT2D eigenvalue weighted by molar-refractivity contribution is 0.281. The average molecular weight is 389 g/mol. The van der Waals surface area contributed by atoms with E-state index >= 15 is 0 Å². The maximum absolute atomic E-state index is 5.95. The molecule has 8 nitrogen and oxygen atoms in total. The summed E-state index contributed by atoms with van der Waals surface area (Å²) in [5, 5.41) is 10.9. The average Bonchev–Trinajstić information content (AvgIpc) is 3.34. The standard InChI is InChI=1S/C18H21ClN6O2/c1-20-18(25(2)8-10-26-14-6-3-5-13(19)11-14)21-12-16-22-17(24-23-16)15-7-4-9-27-15/h3-7,9,11H,8,10,12H2,1-2H3,(H,20,21)(H,22,23,24). The number of nitrogens with zero attached hydrogens (tertiary/aromatic N) is 4. The van der Waals surface area contributed by atoms with Gasteiger partial charge in [0.05, 0.1) is 19.4 Å². The summed E-state index contributed by atoms with van der Waals surface area (Å²) in [5.74, 6) is 3.30. The molecule has 9 heteroatoms. The smallest absolute Gasteiger partial charge is 0.216 e. The highest BCUT2D eigenvalue weighted by Gasteiger charge is 2.10. The number of likely N-dealkylation sites (N-methyl/N-ethyl adjacent to an activating group) is 1. The molecular weight excluding hydrogens is 368 g/mol. The molecule has 0 radical (unpaired) electrons. The van der Waals surface area contributed by atoms with E-state index < -0.39 is 0 Å². The third-order valence-corrected chi connectivity index (χ3v) is 3.99. The first kappa shape index (κ1) is 18.8. The van der Waals surface area contributed by atoms with Crippen molar-refractivity contribution in [1.29, 1.82) is 0 Å². The second kappa shape index (κ2) is 9.09. The second-order valence-electron chi connectivity index (χ2n) is 5.71. The molecule has 27 heavy (non-hydrogen) atoms. The largest absolute Gasteiger partial charge is 0.492 e. The molecular formula is C18H21ClN6O2. The third-order valence-electron chi connectivity index (χ3n) is 3.75. The lowest BCUT2D eigenvalue weighted by Crippen LogP contribution is -2.40. The Morgan fingerprint density at radius 3 is 3.00 bits per heavy atom. The van der Waals surface area contributed by atoms with Gasteiger partial charge in [-0.05, 0) is 30.3 Å². The van der Waals surface area contributed by atoms with Crippen LogP contribution < -0.4 is 10.1 Å². The van der Waals surface area contributed by atoms with Gasteiger partial charge in [-0.1, -0.05) is 17.7 Å². The molecule has 0 aliphatic heterocycles. The Kier molecular flexibility index (Phi) is 6.32. The van der Waals surface area contributed by atoms with Gasteiger partial charge < -0.3 is 19.4 Å². The summed E-state index contributed by atoms with van der Waals surface area (Å²) >= 11 is 5.95. The molecule has 0 bridgehead atoms. The Hall–Kier alpha value is -3.00. The van der Waals surface area contributed by atoms with Crippen molar-refractivity contribution in [3.05, 3.63) is 53.5 Å². The number of H-pyrrole nitrogens is 1. The molecule has 0 atom stereocenters. The Morgan fingerprint density at radius 2 is 2.26 bits per heavy atom. The number of furan rings is 1. The van der Waals surface area contributed by atoms with Crippen molar-refractivity contribution in [2.75, 3.05) is 27.2 Å². The molecule has 0 aliphatic rings. The zero-order valence-electron chi connectivity index (χ0n) is 15.1. The third kappa shape index (κ3) is 5.24. The van der Waals surface area contributed by atoms with Gasteiger partial charge in [0.25, 0.3) is 0 Å². The second-order valence-corrected chi connectivity index (χ2v) is 6.15.